The van der Waals surface area contributed by atoms with E-state index < -0.39 is 0 Å². The van der Waals surface area contributed by atoms with Crippen LogP contribution in [-0.2, 0) is 9.53 Å². The van der Waals surface area contributed by atoms with Crippen LogP contribution >= 0.6 is 0 Å². The Labute approximate surface area is 143 Å². The summed E-state index contributed by atoms with van der Waals surface area (Å²) in [6, 6.07) is 2.12. The highest BCUT2D eigenvalue weighted by molar-refractivity contribution is 5.80. The van der Waals surface area contributed by atoms with E-state index in [1.165, 1.54) is 12.8 Å². The summed E-state index contributed by atoms with van der Waals surface area (Å²) >= 11 is 0. The van der Waals surface area contributed by atoms with Crippen LogP contribution in [0.1, 0.15) is 38.5 Å². The number of ether oxygens (including phenoxy) is 1. The summed E-state index contributed by atoms with van der Waals surface area (Å²) < 4.78 is 5.92. The van der Waals surface area contributed by atoms with Crippen molar-refractivity contribution < 1.29 is 9.53 Å². The molecule has 3 heterocycles. The summed E-state index contributed by atoms with van der Waals surface area (Å²) in [5, 5.41) is 0. The molecule has 3 atom stereocenters. The van der Waals surface area contributed by atoms with E-state index in [0.717, 1.165) is 51.3 Å². The van der Waals surface area contributed by atoms with Crippen molar-refractivity contribution in [3.05, 3.63) is 18.5 Å². The summed E-state index contributed by atoms with van der Waals surface area (Å²) in [7, 11) is 0. The second-order valence-corrected chi connectivity index (χ2v) is 7.13. The minimum absolute atomic E-state index is 0.0585. The zero-order valence-electron chi connectivity index (χ0n) is 14.1. The molecule has 3 fully saturated rings. The highest BCUT2D eigenvalue weighted by Crippen LogP contribution is 2.31. The first-order valence-electron chi connectivity index (χ1n) is 9.27. The molecule has 0 unspecified atom stereocenters. The van der Waals surface area contributed by atoms with Crippen LogP contribution < -0.4 is 4.90 Å². The van der Waals surface area contributed by atoms with Crippen LogP contribution in [0.15, 0.2) is 18.5 Å². The van der Waals surface area contributed by atoms with Crippen LogP contribution in [0.4, 0.5) is 5.95 Å². The second-order valence-electron chi connectivity index (χ2n) is 7.13. The van der Waals surface area contributed by atoms with Crippen molar-refractivity contribution in [1.82, 2.24) is 14.9 Å². The molecule has 4 rings (SSSR count). The fraction of sp³-hybridized carbons (Fsp3) is 0.722. The Balaban J connectivity index is 1.45. The molecule has 0 N–H and O–H groups in total. The van der Waals surface area contributed by atoms with Gasteiger partial charge >= 0.3 is 0 Å². The van der Waals surface area contributed by atoms with Gasteiger partial charge < -0.3 is 14.5 Å². The van der Waals surface area contributed by atoms with Gasteiger partial charge in [0.25, 0.3) is 0 Å². The van der Waals surface area contributed by atoms with Gasteiger partial charge in [0.15, 0.2) is 0 Å². The van der Waals surface area contributed by atoms with Crippen molar-refractivity contribution in [3.63, 3.8) is 0 Å². The standard InChI is InChI=1S/C18H26N4O2/c23-17(22-11-12-24-16-7-2-1-6-15(16)22)14-5-3-10-21(13-14)18-19-8-4-9-20-18/h4,8-9,14-16H,1-3,5-7,10-13H2/t14-,15+,16+/m1/s1. The maximum absolute atomic E-state index is 13.2. The minimum atomic E-state index is 0.0585. The molecule has 2 aliphatic heterocycles. The van der Waals surface area contributed by atoms with Crippen LogP contribution in [-0.4, -0.2) is 59.2 Å². The third-order valence-corrected chi connectivity index (χ3v) is 5.62. The molecule has 1 aliphatic carbocycles. The van der Waals surface area contributed by atoms with Gasteiger partial charge in [0.1, 0.15) is 0 Å². The van der Waals surface area contributed by atoms with Gasteiger partial charge in [0.05, 0.1) is 24.7 Å². The lowest BCUT2D eigenvalue weighted by Gasteiger charge is -2.45. The van der Waals surface area contributed by atoms with Crippen LogP contribution in [0.2, 0.25) is 0 Å². The van der Waals surface area contributed by atoms with Crippen molar-refractivity contribution in [2.75, 3.05) is 31.1 Å². The molecule has 130 valence electrons. The first-order valence-corrected chi connectivity index (χ1v) is 9.27. The van der Waals surface area contributed by atoms with Crippen LogP contribution in [0.25, 0.3) is 0 Å². The second kappa shape index (κ2) is 7.05. The van der Waals surface area contributed by atoms with Gasteiger partial charge in [-0.05, 0) is 31.7 Å². The lowest BCUT2D eigenvalue weighted by atomic mass is 9.88. The fourth-order valence-electron chi connectivity index (χ4n) is 4.42. The molecule has 2 saturated heterocycles. The zero-order valence-corrected chi connectivity index (χ0v) is 14.1. The normalized spacial score (nSPS) is 30.8. The quantitative estimate of drug-likeness (QED) is 0.828. The molecule has 1 aromatic heterocycles. The molecule has 1 amide bonds. The predicted molar refractivity (Wildman–Crippen MR) is 90.7 cm³/mol. The summed E-state index contributed by atoms with van der Waals surface area (Å²) in [6.45, 7) is 3.10. The number of fused-ring (bicyclic) bond motifs is 1. The number of carbonyl (C=O) groups excluding carboxylic acids is 1. The van der Waals surface area contributed by atoms with Gasteiger partial charge in [-0.15, -0.1) is 0 Å². The largest absolute Gasteiger partial charge is 0.374 e. The molecule has 0 spiro atoms. The molecule has 0 bridgehead atoms. The molecule has 6 heteroatoms. The molecule has 6 nitrogen and oxygen atoms in total. The van der Waals surface area contributed by atoms with Gasteiger partial charge in [-0.1, -0.05) is 12.8 Å². The first kappa shape index (κ1) is 15.8. The lowest BCUT2D eigenvalue weighted by molar-refractivity contribution is -0.154. The number of piperidine rings is 1. The lowest BCUT2D eigenvalue weighted by Crippen LogP contribution is -2.57. The minimum Gasteiger partial charge on any atom is -0.374 e. The van der Waals surface area contributed by atoms with Gasteiger partial charge in [-0.2, -0.15) is 0 Å². The van der Waals surface area contributed by atoms with Crippen LogP contribution in [0.5, 0.6) is 0 Å². The Morgan fingerprint density at radius 3 is 2.79 bits per heavy atom. The number of morpholine rings is 1. The van der Waals surface area contributed by atoms with Gasteiger partial charge in [-0.3, -0.25) is 4.79 Å². The molecule has 0 aromatic carbocycles. The topological polar surface area (TPSA) is 58.6 Å². The highest BCUT2D eigenvalue weighted by atomic mass is 16.5. The molecule has 24 heavy (non-hydrogen) atoms. The summed E-state index contributed by atoms with van der Waals surface area (Å²) in [4.78, 5) is 26.2. The Hall–Kier alpha value is -1.69. The molecule has 1 saturated carbocycles. The molecular formula is C18H26N4O2. The molecular weight excluding hydrogens is 304 g/mol. The van der Waals surface area contributed by atoms with E-state index in [4.69, 9.17) is 4.74 Å². The number of carbonyl (C=O) groups is 1. The fourth-order valence-corrected chi connectivity index (χ4v) is 4.42. The van der Waals surface area contributed by atoms with Crippen LogP contribution in [0.3, 0.4) is 0 Å². The van der Waals surface area contributed by atoms with Gasteiger partial charge in [0.2, 0.25) is 11.9 Å². The molecule has 1 aromatic rings. The monoisotopic (exact) mass is 330 g/mol. The average Bonchev–Trinajstić information content (AvgIpc) is 2.68. The maximum atomic E-state index is 13.2. The number of rotatable bonds is 2. The van der Waals surface area contributed by atoms with Crippen molar-refractivity contribution in [1.29, 1.82) is 0 Å². The van der Waals surface area contributed by atoms with E-state index in [0.29, 0.717) is 18.6 Å². The molecule has 0 radical (unpaired) electrons. The van der Waals surface area contributed by atoms with E-state index in [2.05, 4.69) is 19.8 Å². The highest BCUT2D eigenvalue weighted by Gasteiger charge is 2.39. The number of nitrogens with zero attached hydrogens (tertiary/aromatic N) is 4. The van der Waals surface area contributed by atoms with Gasteiger partial charge in [-0.25, -0.2) is 9.97 Å². The Morgan fingerprint density at radius 1 is 1.08 bits per heavy atom. The third-order valence-electron chi connectivity index (χ3n) is 5.62. The van der Waals surface area contributed by atoms with E-state index >= 15 is 0 Å². The molecule has 3 aliphatic rings. The van der Waals surface area contributed by atoms with E-state index in [-0.39, 0.29) is 12.0 Å². The summed E-state index contributed by atoms with van der Waals surface area (Å²) in [6.07, 6.45) is 10.4. The summed E-state index contributed by atoms with van der Waals surface area (Å²) in [5.74, 6) is 1.12. The predicted octanol–water partition coefficient (Wildman–Crippen LogP) is 1.86. The third kappa shape index (κ3) is 3.11. The van der Waals surface area contributed by atoms with E-state index in [1.54, 1.807) is 12.4 Å². The van der Waals surface area contributed by atoms with E-state index in [9.17, 15) is 4.79 Å². The maximum Gasteiger partial charge on any atom is 0.227 e. The zero-order chi connectivity index (χ0) is 16.4. The van der Waals surface area contributed by atoms with Crippen molar-refractivity contribution in [3.8, 4) is 0 Å². The smallest absolute Gasteiger partial charge is 0.227 e. The van der Waals surface area contributed by atoms with Crippen LogP contribution in [0, 0.1) is 5.92 Å². The average molecular weight is 330 g/mol. The summed E-state index contributed by atoms with van der Waals surface area (Å²) in [5.41, 5.74) is 0. The number of aromatic nitrogens is 2. The Morgan fingerprint density at radius 2 is 1.92 bits per heavy atom. The number of hydrogen-bond acceptors (Lipinski definition) is 5. The van der Waals surface area contributed by atoms with Crippen molar-refractivity contribution in [2.24, 2.45) is 5.92 Å². The number of amides is 1. The van der Waals surface area contributed by atoms with Crippen molar-refractivity contribution >= 4 is 11.9 Å². The Bertz CT molecular complexity index is 565. The Kier molecular flexibility index (Phi) is 4.65. The number of anilines is 1. The first-order chi connectivity index (χ1) is 11.8. The SMILES string of the molecule is O=C([C@@H]1CCCN(c2ncccn2)C1)N1CCO[C@H]2CCCC[C@@H]21. The van der Waals surface area contributed by atoms with Gasteiger partial charge in [0, 0.05) is 32.0 Å². The van der Waals surface area contributed by atoms with E-state index in [1.807, 2.05) is 6.07 Å². The number of hydrogen-bond donors (Lipinski definition) is 0. The van der Waals surface area contributed by atoms with Crippen molar-refractivity contribution in [2.45, 2.75) is 50.7 Å².